The molecule has 0 unspecified atom stereocenters. The molecule has 1 saturated heterocycles. The Bertz CT molecular complexity index is 784. The van der Waals surface area contributed by atoms with Crippen molar-refractivity contribution in [2.45, 2.75) is 13.1 Å². The van der Waals surface area contributed by atoms with Gasteiger partial charge < -0.3 is 24.0 Å². The number of quaternary nitrogens is 2. The third-order valence-corrected chi connectivity index (χ3v) is 5.40. The van der Waals surface area contributed by atoms with Crippen LogP contribution in [0.1, 0.15) is 21.5 Å². The van der Waals surface area contributed by atoms with Gasteiger partial charge in [0.2, 0.25) is 0 Å². The van der Waals surface area contributed by atoms with Crippen molar-refractivity contribution in [2.75, 3.05) is 47.5 Å². The fraction of sp³-hybridized carbons (Fsp3) is 0.409. The molecule has 1 aliphatic rings. The molecule has 1 aliphatic heterocycles. The van der Waals surface area contributed by atoms with Crippen LogP contribution in [-0.2, 0) is 17.8 Å². The third-order valence-electron chi connectivity index (χ3n) is 5.40. The van der Waals surface area contributed by atoms with E-state index in [0.29, 0.717) is 5.56 Å². The molecule has 0 spiro atoms. The maximum absolute atomic E-state index is 11.5. The first-order valence-electron chi connectivity index (χ1n) is 9.68. The third kappa shape index (κ3) is 5.03. The number of esters is 1. The average molecular weight is 386 g/mol. The lowest BCUT2D eigenvalue weighted by molar-refractivity contribution is -1.02. The molecule has 1 fully saturated rings. The summed E-state index contributed by atoms with van der Waals surface area (Å²) < 4.78 is 15.5. The summed E-state index contributed by atoms with van der Waals surface area (Å²) in [6.07, 6.45) is 0. The molecule has 2 N–H and O–H groups in total. The number of carbonyl (C=O) groups is 1. The quantitative estimate of drug-likeness (QED) is 0.657. The lowest BCUT2D eigenvalue weighted by atomic mass is 10.1. The van der Waals surface area contributed by atoms with Gasteiger partial charge in [-0.3, -0.25) is 0 Å². The van der Waals surface area contributed by atoms with Crippen molar-refractivity contribution in [2.24, 2.45) is 0 Å². The highest BCUT2D eigenvalue weighted by atomic mass is 16.5. The van der Waals surface area contributed by atoms with Gasteiger partial charge in [-0.1, -0.05) is 12.1 Å². The molecule has 2 aromatic carbocycles. The number of carbonyl (C=O) groups excluding carboxylic acids is 1. The minimum atomic E-state index is -0.286. The summed E-state index contributed by atoms with van der Waals surface area (Å²) in [5.74, 6) is 1.28. The van der Waals surface area contributed by atoms with Gasteiger partial charge in [-0.15, -0.1) is 0 Å². The zero-order valence-electron chi connectivity index (χ0n) is 16.9. The van der Waals surface area contributed by atoms with Gasteiger partial charge in [0, 0.05) is 11.1 Å². The number of benzene rings is 2. The van der Waals surface area contributed by atoms with Gasteiger partial charge in [-0.25, -0.2) is 4.79 Å². The Hall–Kier alpha value is -2.57. The highest BCUT2D eigenvalue weighted by molar-refractivity contribution is 5.89. The van der Waals surface area contributed by atoms with Crippen LogP contribution in [0.5, 0.6) is 11.5 Å². The molecule has 0 amide bonds. The van der Waals surface area contributed by atoms with Gasteiger partial charge in [-0.2, -0.15) is 0 Å². The second-order valence-corrected chi connectivity index (χ2v) is 7.23. The Balaban J connectivity index is 1.50. The van der Waals surface area contributed by atoms with Gasteiger partial charge >= 0.3 is 5.97 Å². The molecule has 150 valence electrons. The maximum atomic E-state index is 11.5. The van der Waals surface area contributed by atoms with E-state index in [2.05, 4.69) is 12.1 Å². The van der Waals surface area contributed by atoms with Gasteiger partial charge in [-0.05, 0) is 30.3 Å². The van der Waals surface area contributed by atoms with Crippen LogP contribution in [0.2, 0.25) is 0 Å². The normalized spacial score (nSPS) is 19.1. The molecule has 1 heterocycles. The first-order chi connectivity index (χ1) is 13.6. The SMILES string of the molecule is COC(=O)c1ccc(C[NH+]2CC[NH+](Cc3ccc(OC)c(OC)c3)CC2)cc1. The topological polar surface area (TPSA) is 53.6 Å². The van der Waals surface area contributed by atoms with Crippen LogP contribution in [0.4, 0.5) is 0 Å². The van der Waals surface area contributed by atoms with Crippen LogP contribution in [0, 0.1) is 0 Å². The second-order valence-electron chi connectivity index (χ2n) is 7.23. The molecule has 0 atom stereocenters. The van der Waals surface area contributed by atoms with Crippen LogP contribution in [0.3, 0.4) is 0 Å². The standard InChI is InChI=1S/C22H28N2O4/c1-26-20-9-6-18(14-21(20)27-2)16-24-12-10-23(11-13-24)15-17-4-7-19(8-5-17)22(25)28-3/h4-9,14H,10-13,15-16H2,1-3H3/p+2. The number of ether oxygens (including phenoxy) is 3. The van der Waals surface area contributed by atoms with E-state index in [1.807, 2.05) is 30.3 Å². The van der Waals surface area contributed by atoms with Crippen molar-refractivity contribution in [1.29, 1.82) is 0 Å². The Morgan fingerprint density at radius 2 is 1.32 bits per heavy atom. The number of hydrogen-bond acceptors (Lipinski definition) is 4. The van der Waals surface area contributed by atoms with Gasteiger partial charge in [0.1, 0.15) is 39.3 Å². The smallest absolute Gasteiger partial charge is 0.337 e. The number of methoxy groups -OCH3 is 3. The number of hydrogen-bond donors (Lipinski definition) is 2. The molecule has 3 rings (SSSR count). The fourth-order valence-electron chi connectivity index (χ4n) is 3.76. The Labute approximate surface area is 166 Å². The minimum absolute atomic E-state index is 0.286. The van der Waals surface area contributed by atoms with Crippen molar-refractivity contribution in [3.63, 3.8) is 0 Å². The van der Waals surface area contributed by atoms with E-state index in [0.717, 1.165) is 50.8 Å². The van der Waals surface area contributed by atoms with Crippen molar-refractivity contribution in [1.82, 2.24) is 0 Å². The second kappa shape index (κ2) is 9.57. The lowest BCUT2D eigenvalue weighted by Gasteiger charge is -2.30. The van der Waals surface area contributed by atoms with Gasteiger partial charge in [0.05, 0.1) is 26.9 Å². The predicted octanol–water partition coefficient (Wildman–Crippen LogP) is -0.0260. The van der Waals surface area contributed by atoms with Crippen LogP contribution < -0.4 is 19.3 Å². The molecule has 0 radical (unpaired) electrons. The Kier molecular flexibility index (Phi) is 6.90. The largest absolute Gasteiger partial charge is 0.493 e. The highest BCUT2D eigenvalue weighted by Gasteiger charge is 2.23. The minimum Gasteiger partial charge on any atom is -0.493 e. The summed E-state index contributed by atoms with van der Waals surface area (Å²) >= 11 is 0. The molecule has 0 aromatic heterocycles. The van der Waals surface area contributed by atoms with E-state index in [4.69, 9.17) is 14.2 Å². The lowest BCUT2D eigenvalue weighted by Crippen LogP contribution is -3.27. The number of piperazine rings is 1. The number of rotatable bonds is 7. The number of nitrogens with one attached hydrogen (secondary N) is 2. The molecule has 6 heteroatoms. The van der Waals surface area contributed by atoms with E-state index >= 15 is 0 Å². The van der Waals surface area contributed by atoms with Gasteiger partial charge in [0.15, 0.2) is 11.5 Å². The summed E-state index contributed by atoms with van der Waals surface area (Å²) in [5, 5.41) is 0. The van der Waals surface area contributed by atoms with Crippen LogP contribution in [0.15, 0.2) is 42.5 Å². The van der Waals surface area contributed by atoms with Gasteiger partial charge in [0.25, 0.3) is 0 Å². The van der Waals surface area contributed by atoms with E-state index in [1.54, 1.807) is 24.0 Å². The Morgan fingerprint density at radius 1 is 0.786 bits per heavy atom. The molecule has 2 aromatic rings. The molecular formula is C22H30N2O4+2. The zero-order chi connectivity index (χ0) is 19.9. The fourth-order valence-corrected chi connectivity index (χ4v) is 3.76. The first-order valence-corrected chi connectivity index (χ1v) is 9.68. The summed E-state index contributed by atoms with van der Waals surface area (Å²) in [6.45, 7) is 6.56. The molecular weight excluding hydrogens is 356 g/mol. The van der Waals surface area contributed by atoms with E-state index in [1.165, 1.54) is 18.2 Å². The van der Waals surface area contributed by atoms with Crippen molar-refractivity contribution < 1.29 is 28.8 Å². The van der Waals surface area contributed by atoms with E-state index in [9.17, 15) is 4.79 Å². The van der Waals surface area contributed by atoms with Crippen molar-refractivity contribution in [3.8, 4) is 11.5 Å². The monoisotopic (exact) mass is 386 g/mol. The Morgan fingerprint density at radius 3 is 1.86 bits per heavy atom. The summed E-state index contributed by atoms with van der Waals surface area (Å²) in [7, 11) is 4.74. The summed E-state index contributed by atoms with van der Waals surface area (Å²) in [5.41, 5.74) is 3.13. The predicted molar refractivity (Wildman–Crippen MR) is 106 cm³/mol. The van der Waals surface area contributed by atoms with Crippen LogP contribution in [-0.4, -0.2) is 53.5 Å². The maximum Gasteiger partial charge on any atom is 0.337 e. The highest BCUT2D eigenvalue weighted by Crippen LogP contribution is 2.27. The van der Waals surface area contributed by atoms with E-state index < -0.39 is 0 Å². The van der Waals surface area contributed by atoms with Crippen molar-refractivity contribution in [3.05, 3.63) is 59.2 Å². The van der Waals surface area contributed by atoms with Crippen LogP contribution in [0.25, 0.3) is 0 Å². The average Bonchev–Trinajstić information content (AvgIpc) is 2.75. The van der Waals surface area contributed by atoms with Crippen molar-refractivity contribution >= 4 is 5.97 Å². The van der Waals surface area contributed by atoms with E-state index in [-0.39, 0.29) is 5.97 Å². The molecule has 28 heavy (non-hydrogen) atoms. The molecule has 0 aliphatic carbocycles. The zero-order valence-corrected chi connectivity index (χ0v) is 16.9. The van der Waals surface area contributed by atoms with Crippen LogP contribution >= 0.6 is 0 Å². The summed E-state index contributed by atoms with van der Waals surface area (Å²) in [4.78, 5) is 14.7. The first kappa shape index (κ1) is 20.2. The molecule has 0 bridgehead atoms. The summed E-state index contributed by atoms with van der Waals surface area (Å²) in [6, 6.07) is 13.9. The molecule has 0 saturated carbocycles. The molecule has 6 nitrogen and oxygen atoms in total.